The first-order valence-corrected chi connectivity index (χ1v) is 5.20. The Morgan fingerprint density at radius 2 is 2.31 bits per heavy atom. The molecule has 1 aromatic carbocycles. The molecule has 84 valence electrons. The average Bonchev–Trinajstić information content (AvgIpc) is 2.57. The van der Waals surface area contributed by atoms with Crippen LogP contribution in [-0.2, 0) is 13.6 Å². The number of nitrogens with one attached hydrogen (secondary N) is 1. The summed E-state index contributed by atoms with van der Waals surface area (Å²) in [6.45, 7) is 0.507. The maximum Gasteiger partial charge on any atom is 0.128 e. The molecule has 0 spiro atoms. The topological polar surface area (TPSA) is 29.9 Å². The van der Waals surface area contributed by atoms with Crippen molar-refractivity contribution in [3.05, 3.63) is 47.3 Å². The summed E-state index contributed by atoms with van der Waals surface area (Å²) in [5.41, 5.74) is 0.721. The fraction of sp³-hybridized carbons (Fsp3) is 0.182. The molecule has 1 heterocycles. The normalized spacial score (nSPS) is 10.4. The highest BCUT2D eigenvalue weighted by Crippen LogP contribution is 2.13. The van der Waals surface area contributed by atoms with Gasteiger partial charge in [0.25, 0.3) is 0 Å². The van der Waals surface area contributed by atoms with Crippen molar-refractivity contribution in [2.75, 3.05) is 5.32 Å². The lowest BCUT2D eigenvalue weighted by molar-refractivity contribution is 0.628. The molecule has 0 aliphatic carbocycles. The van der Waals surface area contributed by atoms with Gasteiger partial charge < -0.3 is 9.88 Å². The van der Waals surface area contributed by atoms with E-state index in [-0.39, 0.29) is 5.82 Å². The molecule has 0 fully saturated rings. The molecule has 0 aliphatic heterocycles. The van der Waals surface area contributed by atoms with Gasteiger partial charge in [0, 0.05) is 12.7 Å². The van der Waals surface area contributed by atoms with E-state index in [2.05, 4.69) is 10.3 Å². The molecule has 3 nitrogen and oxygen atoms in total. The highest BCUT2D eigenvalue weighted by atomic mass is 35.5. The van der Waals surface area contributed by atoms with Gasteiger partial charge in [0.1, 0.15) is 16.8 Å². The quantitative estimate of drug-likeness (QED) is 0.893. The van der Waals surface area contributed by atoms with Crippen LogP contribution in [0.15, 0.2) is 30.5 Å². The first-order chi connectivity index (χ1) is 7.66. The molecular formula is C11H11ClFN3. The van der Waals surface area contributed by atoms with Crippen LogP contribution < -0.4 is 5.32 Å². The largest absolute Gasteiger partial charge is 0.378 e. The second kappa shape index (κ2) is 4.53. The summed E-state index contributed by atoms with van der Waals surface area (Å²) in [5, 5.41) is 3.65. The molecule has 5 heteroatoms. The summed E-state index contributed by atoms with van der Waals surface area (Å²) < 4.78 is 14.7. The lowest BCUT2D eigenvalue weighted by atomic mass is 10.3. The molecule has 1 N–H and O–H groups in total. The Morgan fingerprint density at radius 3 is 2.94 bits per heavy atom. The van der Waals surface area contributed by atoms with Crippen LogP contribution in [0.2, 0.25) is 5.15 Å². The molecule has 0 unspecified atom stereocenters. The van der Waals surface area contributed by atoms with Gasteiger partial charge in [-0.3, -0.25) is 0 Å². The number of hydrogen-bond donors (Lipinski definition) is 1. The maximum absolute atomic E-state index is 12.9. The first kappa shape index (κ1) is 11.0. The Kier molecular flexibility index (Phi) is 3.10. The molecule has 1 aromatic heterocycles. The van der Waals surface area contributed by atoms with Gasteiger partial charge in [0.15, 0.2) is 0 Å². The standard InChI is InChI=1S/C11H11ClFN3/c1-16-10(12)6-15-11(16)7-14-9-4-2-3-8(13)5-9/h2-6,14H,7H2,1H3. The van der Waals surface area contributed by atoms with Crippen LogP contribution in [0.25, 0.3) is 0 Å². The molecule has 0 saturated heterocycles. The summed E-state index contributed by atoms with van der Waals surface area (Å²) in [5.74, 6) is 0.539. The lowest BCUT2D eigenvalue weighted by Gasteiger charge is -2.06. The van der Waals surface area contributed by atoms with Gasteiger partial charge in [0.05, 0.1) is 12.7 Å². The summed E-state index contributed by atoms with van der Waals surface area (Å²) in [6, 6.07) is 6.30. The highest BCUT2D eigenvalue weighted by molar-refractivity contribution is 6.29. The Balaban J connectivity index is 2.05. The molecule has 0 saturated carbocycles. The Morgan fingerprint density at radius 1 is 1.50 bits per heavy atom. The maximum atomic E-state index is 12.9. The summed E-state index contributed by atoms with van der Waals surface area (Å²) in [4.78, 5) is 4.13. The highest BCUT2D eigenvalue weighted by Gasteiger charge is 2.03. The van der Waals surface area contributed by atoms with Gasteiger partial charge in [-0.1, -0.05) is 17.7 Å². The van der Waals surface area contributed by atoms with Crippen LogP contribution in [0.1, 0.15) is 5.82 Å². The van der Waals surface area contributed by atoms with Crippen molar-refractivity contribution in [2.24, 2.45) is 7.05 Å². The Labute approximate surface area is 97.9 Å². The van der Waals surface area contributed by atoms with Crippen molar-refractivity contribution in [2.45, 2.75) is 6.54 Å². The second-order valence-electron chi connectivity index (χ2n) is 3.42. The van der Waals surface area contributed by atoms with E-state index in [0.29, 0.717) is 11.7 Å². The van der Waals surface area contributed by atoms with E-state index in [1.807, 2.05) is 7.05 Å². The van der Waals surface area contributed by atoms with Gasteiger partial charge in [-0.05, 0) is 18.2 Å². The molecule has 0 radical (unpaired) electrons. The van der Waals surface area contributed by atoms with Crippen LogP contribution in [0, 0.1) is 5.82 Å². The molecule has 0 bridgehead atoms. The number of hydrogen-bond acceptors (Lipinski definition) is 2. The van der Waals surface area contributed by atoms with Gasteiger partial charge in [0.2, 0.25) is 0 Å². The third kappa shape index (κ3) is 2.33. The molecule has 0 amide bonds. The van der Waals surface area contributed by atoms with E-state index in [0.717, 1.165) is 11.5 Å². The molecular weight excluding hydrogens is 229 g/mol. The van der Waals surface area contributed by atoms with Gasteiger partial charge in [-0.15, -0.1) is 0 Å². The van der Waals surface area contributed by atoms with E-state index in [1.54, 1.807) is 22.9 Å². The van der Waals surface area contributed by atoms with Crippen LogP contribution in [-0.4, -0.2) is 9.55 Å². The smallest absolute Gasteiger partial charge is 0.128 e. The lowest BCUT2D eigenvalue weighted by Crippen LogP contribution is -2.06. The molecule has 2 rings (SSSR count). The van der Waals surface area contributed by atoms with E-state index in [9.17, 15) is 4.39 Å². The number of benzene rings is 1. The average molecular weight is 240 g/mol. The third-order valence-corrected chi connectivity index (χ3v) is 2.65. The van der Waals surface area contributed by atoms with Crippen molar-refractivity contribution < 1.29 is 4.39 Å². The predicted molar refractivity (Wildman–Crippen MR) is 61.9 cm³/mol. The molecule has 16 heavy (non-hydrogen) atoms. The van der Waals surface area contributed by atoms with Crippen molar-refractivity contribution in [1.29, 1.82) is 0 Å². The summed E-state index contributed by atoms with van der Waals surface area (Å²) in [6.07, 6.45) is 1.59. The van der Waals surface area contributed by atoms with Crippen molar-refractivity contribution in [3.8, 4) is 0 Å². The monoisotopic (exact) mass is 239 g/mol. The van der Waals surface area contributed by atoms with E-state index >= 15 is 0 Å². The van der Waals surface area contributed by atoms with Crippen LogP contribution in [0.4, 0.5) is 10.1 Å². The number of nitrogens with zero attached hydrogens (tertiary/aromatic N) is 2. The fourth-order valence-corrected chi connectivity index (χ4v) is 1.51. The Hall–Kier alpha value is -1.55. The summed E-state index contributed by atoms with van der Waals surface area (Å²) >= 11 is 5.85. The number of aromatic nitrogens is 2. The van der Waals surface area contributed by atoms with Crippen LogP contribution in [0.5, 0.6) is 0 Å². The van der Waals surface area contributed by atoms with Crippen molar-refractivity contribution in [1.82, 2.24) is 9.55 Å². The Bertz CT molecular complexity index is 496. The number of anilines is 1. The minimum absolute atomic E-state index is 0.261. The number of halogens is 2. The van der Waals surface area contributed by atoms with Gasteiger partial charge in [-0.2, -0.15) is 0 Å². The van der Waals surface area contributed by atoms with Crippen LogP contribution in [0.3, 0.4) is 0 Å². The van der Waals surface area contributed by atoms with Crippen molar-refractivity contribution in [3.63, 3.8) is 0 Å². The zero-order valence-electron chi connectivity index (χ0n) is 8.74. The SMILES string of the molecule is Cn1c(Cl)cnc1CNc1cccc(F)c1. The molecule has 0 aliphatic rings. The van der Waals surface area contributed by atoms with Gasteiger partial charge in [-0.25, -0.2) is 9.37 Å². The minimum atomic E-state index is -0.261. The predicted octanol–water partition coefficient (Wildman–Crippen LogP) is 2.82. The van der Waals surface area contributed by atoms with Crippen molar-refractivity contribution >= 4 is 17.3 Å². The molecule has 0 atom stereocenters. The third-order valence-electron chi connectivity index (χ3n) is 2.30. The number of rotatable bonds is 3. The minimum Gasteiger partial charge on any atom is -0.378 e. The first-order valence-electron chi connectivity index (χ1n) is 4.82. The fourth-order valence-electron chi connectivity index (χ4n) is 1.37. The van der Waals surface area contributed by atoms with Gasteiger partial charge >= 0.3 is 0 Å². The zero-order chi connectivity index (χ0) is 11.5. The second-order valence-corrected chi connectivity index (χ2v) is 3.81. The van der Waals surface area contributed by atoms with E-state index in [1.165, 1.54) is 12.1 Å². The zero-order valence-corrected chi connectivity index (χ0v) is 9.50. The molecule has 2 aromatic rings. The van der Waals surface area contributed by atoms with Crippen LogP contribution >= 0.6 is 11.6 Å². The number of imidazole rings is 1. The summed E-state index contributed by atoms with van der Waals surface area (Å²) in [7, 11) is 1.83. The van der Waals surface area contributed by atoms with E-state index in [4.69, 9.17) is 11.6 Å². The van der Waals surface area contributed by atoms with E-state index < -0.39 is 0 Å².